The Bertz CT molecular complexity index is 355. The second-order valence-corrected chi connectivity index (χ2v) is 7.54. The molecular formula is C16H31N3O. The highest BCUT2D eigenvalue weighted by Crippen LogP contribution is 2.47. The zero-order valence-corrected chi connectivity index (χ0v) is 13.8. The summed E-state index contributed by atoms with van der Waals surface area (Å²) in [5.41, 5.74) is 0.753. The fraction of sp³-hybridized carbons (Fsp3) is 0.938. The third kappa shape index (κ3) is 3.27. The molecule has 0 radical (unpaired) electrons. The third-order valence-corrected chi connectivity index (χ3v) is 5.06. The minimum Gasteiger partial charge on any atom is -0.379 e. The van der Waals surface area contributed by atoms with Gasteiger partial charge in [-0.25, -0.2) is 0 Å². The average Bonchev–Trinajstić information content (AvgIpc) is 2.78. The van der Waals surface area contributed by atoms with E-state index >= 15 is 0 Å². The van der Waals surface area contributed by atoms with E-state index in [1.165, 1.54) is 32.2 Å². The Morgan fingerprint density at radius 1 is 1.35 bits per heavy atom. The molecule has 0 amide bonds. The molecule has 0 aromatic rings. The SMILES string of the molecule is CN=C(NCC(OC)C(C)(C)C)N1CCC2(CCC2)C1. The number of guanidine groups is 1. The Kier molecular flexibility index (Phi) is 4.62. The minimum atomic E-state index is 0.140. The first-order valence-corrected chi connectivity index (χ1v) is 7.89. The second-order valence-electron chi connectivity index (χ2n) is 7.54. The number of rotatable bonds is 3. The highest BCUT2D eigenvalue weighted by molar-refractivity contribution is 5.80. The van der Waals surface area contributed by atoms with Gasteiger partial charge in [0, 0.05) is 33.8 Å². The Balaban J connectivity index is 1.87. The minimum absolute atomic E-state index is 0.140. The van der Waals surface area contributed by atoms with Crippen LogP contribution in [0, 0.1) is 10.8 Å². The van der Waals surface area contributed by atoms with Gasteiger partial charge < -0.3 is 15.0 Å². The van der Waals surface area contributed by atoms with Crippen molar-refractivity contribution in [3.63, 3.8) is 0 Å². The van der Waals surface area contributed by atoms with Gasteiger partial charge in [0.15, 0.2) is 5.96 Å². The molecule has 1 saturated heterocycles. The van der Waals surface area contributed by atoms with Crippen molar-refractivity contribution in [1.82, 2.24) is 10.2 Å². The highest BCUT2D eigenvalue weighted by atomic mass is 16.5. The lowest BCUT2D eigenvalue weighted by atomic mass is 9.68. The van der Waals surface area contributed by atoms with Crippen LogP contribution in [0.25, 0.3) is 0 Å². The zero-order chi connectivity index (χ0) is 14.8. The van der Waals surface area contributed by atoms with E-state index in [1.54, 1.807) is 7.11 Å². The van der Waals surface area contributed by atoms with Gasteiger partial charge in [0.2, 0.25) is 0 Å². The molecule has 1 atom stereocenters. The molecule has 1 spiro atoms. The second kappa shape index (κ2) is 5.92. The van der Waals surface area contributed by atoms with Gasteiger partial charge in [0.1, 0.15) is 0 Å². The summed E-state index contributed by atoms with van der Waals surface area (Å²) in [6, 6.07) is 0. The first-order valence-electron chi connectivity index (χ1n) is 7.89. The van der Waals surface area contributed by atoms with Gasteiger partial charge in [0.25, 0.3) is 0 Å². The Morgan fingerprint density at radius 3 is 2.45 bits per heavy atom. The van der Waals surface area contributed by atoms with Crippen LogP contribution in [-0.4, -0.2) is 50.8 Å². The monoisotopic (exact) mass is 281 g/mol. The van der Waals surface area contributed by atoms with E-state index in [-0.39, 0.29) is 11.5 Å². The van der Waals surface area contributed by atoms with Crippen molar-refractivity contribution in [1.29, 1.82) is 0 Å². The van der Waals surface area contributed by atoms with Gasteiger partial charge in [-0.2, -0.15) is 0 Å². The molecule has 2 aliphatic rings. The lowest BCUT2D eigenvalue weighted by Crippen LogP contribution is -2.47. The number of ether oxygens (including phenoxy) is 1. The predicted octanol–water partition coefficient (Wildman–Crippen LogP) is 2.50. The lowest BCUT2D eigenvalue weighted by molar-refractivity contribution is 0.0201. The molecule has 1 N–H and O–H groups in total. The summed E-state index contributed by atoms with van der Waals surface area (Å²) in [7, 11) is 3.67. The summed E-state index contributed by atoms with van der Waals surface area (Å²) in [5, 5.41) is 3.51. The van der Waals surface area contributed by atoms with Crippen molar-refractivity contribution in [2.75, 3.05) is 33.8 Å². The molecule has 1 unspecified atom stereocenters. The molecule has 20 heavy (non-hydrogen) atoms. The number of hydrogen-bond donors (Lipinski definition) is 1. The van der Waals surface area contributed by atoms with E-state index in [1.807, 2.05) is 7.05 Å². The number of aliphatic imine (C=N–C) groups is 1. The zero-order valence-electron chi connectivity index (χ0n) is 13.8. The Morgan fingerprint density at radius 2 is 2.05 bits per heavy atom. The Labute approximate surface area is 124 Å². The van der Waals surface area contributed by atoms with E-state index < -0.39 is 0 Å². The van der Waals surface area contributed by atoms with Gasteiger partial charge in [-0.3, -0.25) is 4.99 Å². The standard InChI is InChI=1S/C16H31N3O/c1-15(2,3)13(20-5)11-18-14(17-4)19-10-9-16(12-19)7-6-8-16/h13H,6-12H2,1-5H3,(H,17,18). The Hall–Kier alpha value is -0.770. The number of hydrogen-bond acceptors (Lipinski definition) is 2. The van der Waals surface area contributed by atoms with Crippen molar-refractivity contribution >= 4 is 5.96 Å². The van der Waals surface area contributed by atoms with E-state index in [2.05, 4.69) is 36.0 Å². The molecule has 116 valence electrons. The first kappa shape index (κ1) is 15.6. The van der Waals surface area contributed by atoms with Crippen LogP contribution in [0.3, 0.4) is 0 Å². The van der Waals surface area contributed by atoms with Crippen LogP contribution in [0.1, 0.15) is 46.5 Å². The van der Waals surface area contributed by atoms with E-state index in [9.17, 15) is 0 Å². The smallest absolute Gasteiger partial charge is 0.193 e. The van der Waals surface area contributed by atoms with Crippen LogP contribution >= 0.6 is 0 Å². The van der Waals surface area contributed by atoms with Crippen molar-refractivity contribution in [2.24, 2.45) is 15.8 Å². The quantitative estimate of drug-likeness (QED) is 0.638. The predicted molar refractivity (Wildman–Crippen MR) is 84.1 cm³/mol. The van der Waals surface area contributed by atoms with Gasteiger partial charge in [-0.05, 0) is 30.1 Å². The molecule has 0 aromatic heterocycles. The summed E-state index contributed by atoms with van der Waals surface area (Å²) in [6.45, 7) is 9.78. The summed E-state index contributed by atoms with van der Waals surface area (Å²) in [6.07, 6.45) is 5.75. The van der Waals surface area contributed by atoms with Crippen molar-refractivity contribution in [2.45, 2.75) is 52.6 Å². The molecule has 1 aliphatic carbocycles. The molecule has 4 nitrogen and oxygen atoms in total. The van der Waals surface area contributed by atoms with Crippen molar-refractivity contribution in [3.8, 4) is 0 Å². The van der Waals surface area contributed by atoms with Gasteiger partial charge in [0.05, 0.1) is 6.10 Å². The summed E-state index contributed by atoms with van der Waals surface area (Å²) in [5.74, 6) is 1.04. The van der Waals surface area contributed by atoms with Gasteiger partial charge in [-0.1, -0.05) is 27.2 Å². The van der Waals surface area contributed by atoms with Crippen LogP contribution < -0.4 is 5.32 Å². The molecule has 0 aromatic carbocycles. The maximum absolute atomic E-state index is 5.61. The fourth-order valence-corrected chi connectivity index (χ4v) is 3.46. The van der Waals surface area contributed by atoms with Crippen LogP contribution in [-0.2, 0) is 4.74 Å². The summed E-state index contributed by atoms with van der Waals surface area (Å²) in [4.78, 5) is 6.88. The number of likely N-dealkylation sites (tertiary alicyclic amines) is 1. The maximum Gasteiger partial charge on any atom is 0.193 e. The average molecular weight is 281 g/mol. The van der Waals surface area contributed by atoms with Crippen LogP contribution in [0.4, 0.5) is 0 Å². The molecule has 2 fully saturated rings. The van der Waals surface area contributed by atoms with Crippen LogP contribution in [0.2, 0.25) is 0 Å². The normalized spacial score (nSPS) is 23.9. The molecular weight excluding hydrogens is 250 g/mol. The molecule has 1 aliphatic heterocycles. The molecule has 4 heteroatoms. The van der Waals surface area contributed by atoms with Crippen LogP contribution in [0.15, 0.2) is 4.99 Å². The number of methoxy groups -OCH3 is 1. The van der Waals surface area contributed by atoms with Gasteiger partial charge >= 0.3 is 0 Å². The molecule has 2 rings (SSSR count). The summed E-state index contributed by atoms with van der Waals surface area (Å²) >= 11 is 0. The van der Waals surface area contributed by atoms with Crippen molar-refractivity contribution < 1.29 is 4.74 Å². The maximum atomic E-state index is 5.61. The molecule has 1 heterocycles. The largest absolute Gasteiger partial charge is 0.379 e. The first-order chi connectivity index (χ1) is 9.40. The number of nitrogens with zero attached hydrogens (tertiary/aromatic N) is 2. The number of nitrogens with one attached hydrogen (secondary N) is 1. The van der Waals surface area contributed by atoms with E-state index in [0.717, 1.165) is 19.0 Å². The molecule has 0 bridgehead atoms. The summed E-state index contributed by atoms with van der Waals surface area (Å²) < 4.78 is 5.61. The fourth-order valence-electron chi connectivity index (χ4n) is 3.46. The van der Waals surface area contributed by atoms with Crippen molar-refractivity contribution in [3.05, 3.63) is 0 Å². The highest BCUT2D eigenvalue weighted by Gasteiger charge is 2.43. The topological polar surface area (TPSA) is 36.9 Å². The van der Waals surface area contributed by atoms with E-state index in [0.29, 0.717) is 5.41 Å². The van der Waals surface area contributed by atoms with Crippen LogP contribution in [0.5, 0.6) is 0 Å². The lowest BCUT2D eigenvalue weighted by Gasteiger charge is -2.38. The third-order valence-electron chi connectivity index (χ3n) is 5.06. The molecule has 1 saturated carbocycles. The van der Waals surface area contributed by atoms with E-state index in [4.69, 9.17) is 4.74 Å². The van der Waals surface area contributed by atoms with Gasteiger partial charge in [-0.15, -0.1) is 0 Å².